The van der Waals surface area contributed by atoms with Crippen LogP contribution in [0.3, 0.4) is 0 Å². The van der Waals surface area contributed by atoms with Gasteiger partial charge in [-0.15, -0.1) is 0 Å². The Kier molecular flexibility index (Phi) is 4.40. The third-order valence-corrected chi connectivity index (χ3v) is 3.08. The number of aromatic nitrogens is 1. The summed E-state index contributed by atoms with van der Waals surface area (Å²) in [6, 6.07) is 7.60. The van der Waals surface area contributed by atoms with E-state index in [4.69, 9.17) is 22.1 Å². The number of benzene rings is 1. The molecule has 2 aromatic rings. The van der Waals surface area contributed by atoms with Crippen molar-refractivity contribution in [3.63, 3.8) is 0 Å². The Labute approximate surface area is 118 Å². The largest absolute Gasteiger partial charge is 0.438 e. The summed E-state index contributed by atoms with van der Waals surface area (Å²) in [5.41, 5.74) is 8.61. The monoisotopic (exact) mass is 276 g/mol. The summed E-state index contributed by atoms with van der Waals surface area (Å²) in [6.45, 7) is 4.56. The van der Waals surface area contributed by atoms with Crippen LogP contribution in [0.15, 0.2) is 30.5 Å². The zero-order valence-corrected chi connectivity index (χ0v) is 11.9. The lowest BCUT2D eigenvalue weighted by molar-refractivity contribution is 0.455. The fourth-order valence-corrected chi connectivity index (χ4v) is 2.28. The fourth-order valence-electron chi connectivity index (χ4n) is 1.95. The van der Waals surface area contributed by atoms with E-state index in [0.717, 1.165) is 28.9 Å². The SMILES string of the molecule is Cc1cc(Cl)cc(C)c1Oc1ccc(CCN)cn1. The molecule has 0 atom stereocenters. The molecule has 2 rings (SSSR count). The summed E-state index contributed by atoms with van der Waals surface area (Å²) in [7, 11) is 0. The van der Waals surface area contributed by atoms with Crippen LogP contribution >= 0.6 is 11.6 Å². The molecule has 0 unspecified atom stereocenters. The lowest BCUT2D eigenvalue weighted by Crippen LogP contribution is -2.03. The molecule has 0 aliphatic heterocycles. The Morgan fingerprint density at radius 2 is 1.89 bits per heavy atom. The molecule has 0 amide bonds. The van der Waals surface area contributed by atoms with Gasteiger partial charge in [-0.3, -0.25) is 0 Å². The lowest BCUT2D eigenvalue weighted by atomic mass is 10.1. The van der Waals surface area contributed by atoms with Crippen LogP contribution < -0.4 is 10.5 Å². The topological polar surface area (TPSA) is 48.1 Å². The van der Waals surface area contributed by atoms with Crippen molar-refractivity contribution in [2.45, 2.75) is 20.3 Å². The van der Waals surface area contributed by atoms with Gasteiger partial charge in [-0.25, -0.2) is 4.98 Å². The molecule has 19 heavy (non-hydrogen) atoms. The van der Waals surface area contributed by atoms with E-state index >= 15 is 0 Å². The molecule has 0 fully saturated rings. The second kappa shape index (κ2) is 6.04. The van der Waals surface area contributed by atoms with E-state index in [-0.39, 0.29) is 0 Å². The van der Waals surface area contributed by atoms with Crippen molar-refractivity contribution in [2.75, 3.05) is 6.54 Å². The first-order valence-corrected chi connectivity index (χ1v) is 6.57. The third kappa shape index (κ3) is 3.46. The van der Waals surface area contributed by atoms with Crippen LogP contribution in [-0.4, -0.2) is 11.5 Å². The van der Waals surface area contributed by atoms with Gasteiger partial charge in [0.2, 0.25) is 5.88 Å². The normalized spacial score (nSPS) is 10.5. The molecule has 4 heteroatoms. The van der Waals surface area contributed by atoms with E-state index in [2.05, 4.69) is 4.98 Å². The summed E-state index contributed by atoms with van der Waals surface area (Å²) in [5.74, 6) is 1.39. The van der Waals surface area contributed by atoms with Gasteiger partial charge in [0.1, 0.15) is 5.75 Å². The number of rotatable bonds is 4. The van der Waals surface area contributed by atoms with Crippen LogP contribution in [-0.2, 0) is 6.42 Å². The van der Waals surface area contributed by atoms with E-state index in [9.17, 15) is 0 Å². The van der Waals surface area contributed by atoms with E-state index < -0.39 is 0 Å². The molecule has 0 saturated carbocycles. The van der Waals surface area contributed by atoms with Crippen LogP contribution in [0, 0.1) is 13.8 Å². The summed E-state index contributed by atoms with van der Waals surface area (Å²) < 4.78 is 5.83. The van der Waals surface area contributed by atoms with Gasteiger partial charge >= 0.3 is 0 Å². The van der Waals surface area contributed by atoms with Crippen molar-refractivity contribution in [1.82, 2.24) is 4.98 Å². The molecule has 0 aliphatic rings. The quantitative estimate of drug-likeness (QED) is 0.927. The van der Waals surface area contributed by atoms with Crippen LogP contribution in [0.1, 0.15) is 16.7 Å². The van der Waals surface area contributed by atoms with Gasteiger partial charge in [-0.2, -0.15) is 0 Å². The summed E-state index contributed by atoms with van der Waals surface area (Å²) in [5, 5.41) is 0.716. The summed E-state index contributed by atoms with van der Waals surface area (Å²) >= 11 is 6.00. The number of hydrogen-bond donors (Lipinski definition) is 1. The van der Waals surface area contributed by atoms with Gasteiger partial charge in [-0.05, 0) is 55.6 Å². The minimum absolute atomic E-state index is 0.578. The molecule has 1 aromatic heterocycles. The molecular formula is C15H17ClN2O. The van der Waals surface area contributed by atoms with Crippen molar-refractivity contribution in [3.8, 4) is 11.6 Å². The molecule has 0 bridgehead atoms. The Hall–Kier alpha value is -1.58. The second-order valence-corrected chi connectivity index (χ2v) is 4.95. The molecule has 0 saturated heterocycles. The van der Waals surface area contributed by atoms with E-state index in [1.807, 2.05) is 38.1 Å². The fraction of sp³-hybridized carbons (Fsp3) is 0.267. The third-order valence-electron chi connectivity index (χ3n) is 2.86. The Morgan fingerprint density at radius 1 is 1.21 bits per heavy atom. The summed E-state index contributed by atoms with van der Waals surface area (Å²) in [6.07, 6.45) is 2.62. The molecule has 0 radical (unpaired) electrons. The first-order valence-electron chi connectivity index (χ1n) is 6.19. The predicted molar refractivity (Wildman–Crippen MR) is 78.0 cm³/mol. The van der Waals surface area contributed by atoms with Gasteiger partial charge in [0.15, 0.2) is 0 Å². The highest BCUT2D eigenvalue weighted by Gasteiger charge is 2.07. The zero-order chi connectivity index (χ0) is 13.8. The minimum atomic E-state index is 0.578. The molecular weight excluding hydrogens is 260 g/mol. The average molecular weight is 277 g/mol. The van der Waals surface area contributed by atoms with Gasteiger partial charge in [0.05, 0.1) is 0 Å². The first kappa shape index (κ1) is 13.8. The van der Waals surface area contributed by atoms with Crippen molar-refractivity contribution in [2.24, 2.45) is 5.73 Å². The van der Waals surface area contributed by atoms with Gasteiger partial charge < -0.3 is 10.5 Å². The average Bonchev–Trinajstić information content (AvgIpc) is 2.36. The standard InChI is InChI=1S/C15H17ClN2O/c1-10-7-13(16)8-11(2)15(10)19-14-4-3-12(5-6-17)9-18-14/h3-4,7-9H,5-6,17H2,1-2H3. The number of hydrogen-bond acceptors (Lipinski definition) is 3. The second-order valence-electron chi connectivity index (χ2n) is 4.51. The number of halogens is 1. The number of aryl methyl sites for hydroxylation is 2. The van der Waals surface area contributed by atoms with Crippen molar-refractivity contribution in [3.05, 3.63) is 52.2 Å². The van der Waals surface area contributed by atoms with Crippen molar-refractivity contribution < 1.29 is 4.74 Å². The highest BCUT2D eigenvalue weighted by atomic mass is 35.5. The highest BCUT2D eigenvalue weighted by Crippen LogP contribution is 2.30. The molecule has 0 aliphatic carbocycles. The van der Waals surface area contributed by atoms with Crippen LogP contribution in [0.5, 0.6) is 11.6 Å². The number of nitrogens with two attached hydrogens (primary N) is 1. The Balaban J connectivity index is 2.21. The van der Waals surface area contributed by atoms with E-state index in [0.29, 0.717) is 17.4 Å². The van der Waals surface area contributed by atoms with Crippen LogP contribution in [0.2, 0.25) is 5.02 Å². The van der Waals surface area contributed by atoms with Gasteiger partial charge in [-0.1, -0.05) is 17.7 Å². The van der Waals surface area contributed by atoms with E-state index in [1.165, 1.54) is 0 Å². The predicted octanol–water partition coefficient (Wildman–Crippen LogP) is 3.65. The number of pyridine rings is 1. The maximum Gasteiger partial charge on any atom is 0.219 e. The number of ether oxygens (including phenoxy) is 1. The molecule has 1 aromatic carbocycles. The smallest absolute Gasteiger partial charge is 0.219 e. The Bertz CT molecular complexity index is 544. The van der Waals surface area contributed by atoms with Crippen molar-refractivity contribution >= 4 is 11.6 Å². The molecule has 100 valence electrons. The molecule has 3 nitrogen and oxygen atoms in total. The number of nitrogens with zero attached hydrogens (tertiary/aromatic N) is 1. The lowest BCUT2D eigenvalue weighted by Gasteiger charge is -2.11. The first-order chi connectivity index (χ1) is 9.10. The summed E-state index contributed by atoms with van der Waals surface area (Å²) in [4.78, 5) is 4.29. The van der Waals surface area contributed by atoms with Crippen molar-refractivity contribution in [1.29, 1.82) is 0 Å². The minimum Gasteiger partial charge on any atom is -0.438 e. The van der Waals surface area contributed by atoms with Crippen LogP contribution in [0.4, 0.5) is 0 Å². The molecule has 1 heterocycles. The van der Waals surface area contributed by atoms with Gasteiger partial charge in [0.25, 0.3) is 0 Å². The molecule has 0 spiro atoms. The van der Waals surface area contributed by atoms with Gasteiger partial charge in [0, 0.05) is 17.3 Å². The maximum absolute atomic E-state index is 6.00. The highest BCUT2D eigenvalue weighted by molar-refractivity contribution is 6.30. The maximum atomic E-state index is 6.00. The van der Waals surface area contributed by atoms with Crippen LogP contribution in [0.25, 0.3) is 0 Å². The zero-order valence-electron chi connectivity index (χ0n) is 11.1. The Morgan fingerprint density at radius 3 is 2.42 bits per heavy atom. The van der Waals surface area contributed by atoms with E-state index in [1.54, 1.807) is 6.20 Å². The molecule has 2 N–H and O–H groups in total.